The number of fused-ring (bicyclic) bond motifs is 1. The van der Waals surface area contributed by atoms with E-state index in [1.165, 1.54) is 5.56 Å². The number of rotatable bonds is 1. The first-order valence-corrected chi connectivity index (χ1v) is 6.28. The quantitative estimate of drug-likeness (QED) is 0.720. The standard InChI is InChI=1S/C17H14O2/c1-12-6-8-13(9-7-12)10-16-17(18)15-5-3-2-4-14(15)11-19-16/h2-10H,11H2,1H3. The molecule has 3 rings (SSSR count). The van der Waals surface area contributed by atoms with Crippen molar-refractivity contribution in [3.8, 4) is 0 Å². The Labute approximate surface area is 112 Å². The molecule has 2 heteroatoms. The zero-order chi connectivity index (χ0) is 13.2. The number of benzene rings is 2. The van der Waals surface area contributed by atoms with Gasteiger partial charge in [-0.3, -0.25) is 4.79 Å². The molecule has 0 aromatic heterocycles. The summed E-state index contributed by atoms with van der Waals surface area (Å²) in [6, 6.07) is 15.6. The third-order valence-electron chi connectivity index (χ3n) is 3.24. The minimum absolute atomic E-state index is 0.0394. The molecule has 0 amide bonds. The number of aryl methyl sites for hydroxylation is 1. The van der Waals surface area contributed by atoms with Gasteiger partial charge in [0, 0.05) is 11.1 Å². The molecule has 0 radical (unpaired) electrons. The molecule has 0 N–H and O–H groups in total. The van der Waals surface area contributed by atoms with Crippen LogP contribution in [0.1, 0.15) is 27.0 Å². The number of ether oxygens (including phenoxy) is 1. The third kappa shape index (κ3) is 2.29. The van der Waals surface area contributed by atoms with Crippen molar-refractivity contribution < 1.29 is 9.53 Å². The van der Waals surface area contributed by atoms with Gasteiger partial charge in [-0.25, -0.2) is 0 Å². The van der Waals surface area contributed by atoms with Crippen molar-refractivity contribution in [3.63, 3.8) is 0 Å². The molecular formula is C17H14O2. The van der Waals surface area contributed by atoms with E-state index in [2.05, 4.69) is 0 Å². The van der Waals surface area contributed by atoms with Crippen LogP contribution in [0.25, 0.3) is 6.08 Å². The van der Waals surface area contributed by atoms with Crippen LogP contribution in [0, 0.1) is 6.92 Å². The van der Waals surface area contributed by atoms with Gasteiger partial charge in [-0.1, -0.05) is 54.1 Å². The topological polar surface area (TPSA) is 26.3 Å². The lowest BCUT2D eigenvalue weighted by Crippen LogP contribution is -2.16. The average molecular weight is 250 g/mol. The van der Waals surface area contributed by atoms with Crippen LogP contribution in [0.4, 0.5) is 0 Å². The number of hydrogen-bond donors (Lipinski definition) is 0. The van der Waals surface area contributed by atoms with E-state index < -0.39 is 0 Å². The van der Waals surface area contributed by atoms with Gasteiger partial charge < -0.3 is 4.74 Å². The lowest BCUT2D eigenvalue weighted by molar-refractivity contribution is 0.0871. The summed E-state index contributed by atoms with van der Waals surface area (Å²) in [6.45, 7) is 2.50. The Bertz CT molecular complexity index is 651. The maximum Gasteiger partial charge on any atom is 0.227 e. The van der Waals surface area contributed by atoms with Gasteiger partial charge in [-0.2, -0.15) is 0 Å². The SMILES string of the molecule is Cc1ccc(C=C2OCc3ccccc3C2=O)cc1. The van der Waals surface area contributed by atoms with Crippen LogP contribution in [-0.2, 0) is 11.3 Å². The highest BCUT2D eigenvalue weighted by molar-refractivity contribution is 6.11. The molecule has 0 fully saturated rings. The number of Topliss-reactive ketones (excluding diaryl/α,β-unsaturated/α-hetero) is 1. The Morgan fingerprint density at radius 2 is 1.79 bits per heavy atom. The first kappa shape index (κ1) is 11.7. The summed E-state index contributed by atoms with van der Waals surface area (Å²) in [6.07, 6.45) is 1.80. The average Bonchev–Trinajstić information content (AvgIpc) is 2.45. The van der Waals surface area contributed by atoms with Gasteiger partial charge in [0.05, 0.1) is 0 Å². The van der Waals surface area contributed by atoms with Gasteiger partial charge in [-0.15, -0.1) is 0 Å². The molecule has 0 saturated heterocycles. The van der Waals surface area contributed by atoms with Gasteiger partial charge in [0.1, 0.15) is 6.61 Å². The monoisotopic (exact) mass is 250 g/mol. The first-order chi connectivity index (χ1) is 9.24. The number of hydrogen-bond acceptors (Lipinski definition) is 2. The minimum Gasteiger partial charge on any atom is -0.485 e. The van der Waals surface area contributed by atoms with Gasteiger partial charge in [0.25, 0.3) is 0 Å². The number of allylic oxidation sites excluding steroid dienone is 1. The van der Waals surface area contributed by atoms with Crippen LogP contribution in [0.5, 0.6) is 0 Å². The summed E-state index contributed by atoms with van der Waals surface area (Å²) in [5, 5.41) is 0. The molecular weight excluding hydrogens is 236 g/mol. The number of ketones is 1. The zero-order valence-corrected chi connectivity index (χ0v) is 10.7. The molecule has 0 saturated carbocycles. The van der Waals surface area contributed by atoms with Crippen molar-refractivity contribution in [2.24, 2.45) is 0 Å². The lowest BCUT2D eigenvalue weighted by atomic mass is 9.99. The van der Waals surface area contributed by atoms with Crippen molar-refractivity contribution >= 4 is 11.9 Å². The normalized spacial score (nSPS) is 16.1. The van der Waals surface area contributed by atoms with Gasteiger partial charge in [-0.05, 0) is 18.6 Å². The fourth-order valence-corrected chi connectivity index (χ4v) is 2.14. The predicted octanol–water partition coefficient (Wildman–Crippen LogP) is 3.75. The van der Waals surface area contributed by atoms with Crippen molar-refractivity contribution in [1.82, 2.24) is 0 Å². The summed E-state index contributed by atoms with van der Waals surface area (Å²) < 4.78 is 5.56. The fraction of sp³-hybridized carbons (Fsp3) is 0.118. The summed E-state index contributed by atoms with van der Waals surface area (Å²) in [5.41, 5.74) is 3.87. The minimum atomic E-state index is -0.0394. The molecule has 0 bridgehead atoms. The van der Waals surface area contributed by atoms with Crippen LogP contribution in [0.3, 0.4) is 0 Å². The van der Waals surface area contributed by atoms with E-state index in [0.717, 1.165) is 16.7 Å². The van der Waals surface area contributed by atoms with Crippen molar-refractivity contribution in [1.29, 1.82) is 0 Å². The molecule has 0 atom stereocenters. The number of carbonyl (C=O) groups excluding carboxylic acids is 1. The van der Waals surface area contributed by atoms with E-state index in [4.69, 9.17) is 4.74 Å². The van der Waals surface area contributed by atoms with E-state index in [9.17, 15) is 4.79 Å². The third-order valence-corrected chi connectivity index (χ3v) is 3.24. The summed E-state index contributed by atoms with van der Waals surface area (Å²) >= 11 is 0. The second-order valence-corrected chi connectivity index (χ2v) is 4.69. The highest BCUT2D eigenvalue weighted by Gasteiger charge is 2.22. The molecule has 94 valence electrons. The van der Waals surface area contributed by atoms with Crippen LogP contribution in [-0.4, -0.2) is 5.78 Å². The van der Waals surface area contributed by atoms with Gasteiger partial charge in [0.2, 0.25) is 5.78 Å². The molecule has 2 nitrogen and oxygen atoms in total. The largest absolute Gasteiger partial charge is 0.485 e. The van der Waals surface area contributed by atoms with Crippen molar-refractivity contribution in [3.05, 3.63) is 76.5 Å². The molecule has 1 heterocycles. The highest BCUT2D eigenvalue weighted by Crippen LogP contribution is 2.24. The smallest absolute Gasteiger partial charge is 0.227 e. The molecule has 0 unspecified atom stereocenters. The molecule has 2 aromatic rings. The molecule has 0 spiro atoms. The Kier molecular flexibility index (Phi) is 2.92. The van der Waals surface area contributed by atoms with Gasteiger partial charge in [0.15, 0.2) is 5.76 Å². The maximum atomic E-state index is 12.3. The number of carbonyl (C=O) groups is 1. The van der Waals surface area contributed by atoms with E-state index in [-0.39, 0.29) is 5.78 Å². The van der Waals surface area contributed by atoms with Crippen LogP contribution in [0.2, 0.25) is 0 Å². The Balaban J connectivity index is 1.96. The molecule has 1 aliphatic rings. The second-order valence-electron chi connectivity index (χ2n) is 4.69. The van der Waals surface area contributed by atoms with Crippen LogP contribution in [0.15, 0.2) is 54.3 Å². The summed E-state index contributed by atoms with van der Waals surface area (Å²) in [7, 11) is 0. The van der Waals surface area contributed by atoms with E-state index in [0.29, 0.717) is 12.4 Å². The Morgan fingerprint density at radius 1 is 1.05 bits per heavy atom. The van der Waals surface area contributed by atoms with Crippen molar-refractivity contribution in [2.45, 2.75) is 13.5 Å². The van der Waals surface area contributed by atoms with E-state index >= 15 is 0 Å². The maximum absolute atomic E-state index is 12.3. The van der Waals surface area contributed by atoms with Crippen molar-refractivity contribution in [2.75, 3.05) is 0 Å². The fourth-order valence-electron chi connectivity index (χ4n) is 2.14. The molecule has 1 aliphatic heterocycles. The Morgan fingerprint density at radius 3 is 2.58 bits per heavy atom. The molecule has 19 heavy (non-hydrogen) atoms. The van der Waals surface area contributed by atoms with Crippen LogP contribution < -0.4 is 0 Å². The highest BCUT2D eigenvalue weighted by atomic mass is 16.5. The van der Waals surface area contributed by atoms with E-state index in [1.807, 2.05) is 55.5 Å². The Hall–Kier alpha value is -2.35. The lowest BCUT2D eigenvalue weighted by Gasteiger charge is -2.18. The van der Waals surface area contributed by atoms with Gasteiger partial charge >= 0.3 is 0 Å². The molecule has 0 aliphatic carbocycles. The van der Waals surface area contributed by atoms with E-state index in [1.54, 1.807) is 6.08 Å². The summed E-state index contributed by atoms with van der Waals surface area (Å²) in [5.74, 6) is 0.380. The zero-order valence-electron chi connectivity index (χ0n) is 10.7. The second kappa shape index (κ2) is 4.73. The molecule has 2 aromatic carbocycles. The summed E-state index contributed by atoms with van der Waals surface area (Å²) in [4.78, 5) is 12.3. The van der Waals surface area contributed by atoms with Crippen LogP contribution >= 0.6 is 0 Å². The first-order valence-electron chi connectivity index (χ1n) is 6.28. The predicted molar refractivity (Wildman–Crippen MR) is 74.7 cm³/mol.